The van der Waals surface area contributed by atoms with E-state index < -0.39 is 6.10 Å². The normalized spacial score (nSPS) is 16.1. The van der Waals surface area contributed by atoms with Gasteiger partial charge >= 0.3 is 0 Å². The van der Waals surface area contributed by atoms with Crippen molar-refractivity contribution in [2.75, 3.05) is 27.4 Å². The Balaban J connectivity index is 2.01. The molecule has 1 atom stereocenters. The Labute approximate surface area is 171 Å². The number of aliphatic hydroxyl groups excluding tert-OH is 2. The van der Waals surface area contributed by atoms with Crippen LogP contribution in [0, 0.1) is 5.92 Å². The number of rotatable bonds is 9. The minimum absolute atomic E-state index is 0.0266. The molecule has 0 radical (unpaired) electrons. The van der Waals surface area contributed by atoms with Crippen molar-refractivity contribution in [2.45, 2.75) is 51.3 Å². The summed E-state index contributed by atoms with van der Waals surface area (Å²) < 4.78 is 12.8. The van der Waals surface area contributed by atoms with Crippen LogP contribution in [0.2, 0.25) is 0 Å². The first kappa shape index (κ1) is 21.6. The van der Waals surface area contributed by atoms with Gasteiger partial charge in [-0.05, 0) is 30.9 Å². The van der Waals surface area contributed by atoms with Gasteiger partial charge in [0, 0.05) is 36.7 Å². The molecule has 0 amide bonds. The lowest BCUT2D eigenvalue weighted by Crippen LogP contribution is -2.33. The van der Waals surface area contributed by atoms with Crippen LogP contribution in [0.5, 0.6) is 11.5 Å². The molecule has 0 aliphatic heterocycles. The molecule has 0 unspecified atom stereocenters. The van der Waals surface area contributed by atoms with E-state index in [0.29, 0.717) is 36.1 Å². The fourth-order valence-corrected chi connectivity index (χ4v) is 4.14. The third kappa shape index (κ3) is 5.10. The Morgan fingerprint density at radius 3 is 2.48 bits per heavy atom. The average molecular weight is 405 g/mol. The van der Waals surface area contributed by atoms with Crippen LogP contribution in [0.15, 0.2) is 23.0 Å². The number of benzene rings is 1. The van der Waals surface area contributed by atoms with Gasteiger partial charge in [0.2, 0.25) is 0 Å². The number of aliphatic hydroxyl groups is 2. The highest BCUT2D eigenvalue weighted by Crippen LogP contribution is 2.33. The molecule has 0 spiro atoms. The number of methoxy groups -OCH3 is 2. The van der Waals surface area contributed by atoms with Crippen LogP contribution >= 0.6 is 0 Å². The number of pyridine rings is 1. The van der Waals surface area contributed by atoms with Gasteiger partial charge in [-0.25, -0.2) is 0 Å². The molecule has 7 heteroatoms. The van der Waals surface area contributed by atoms with Gasteiger partial charge in [0.1, 0.15) is 0 Å². The van der Waals surface area contributed by atoms with Crippen molar-refractivity contribution in [2.24, 2.45) is 5.92 Å². The van der Waals surface area contributed by atoms with E-state index in [4.69, 9.17) is 14.6 Å². The van der Waals surface area contributed by atoms with Crippen molar-refractivity contribution in [3.05, 3.63) is 34.1 Å². The molecule has 1 heterocycles. The van der Waals surface area contributed by atoms with Gasteiger partial charge in [-0.2, -0.15) is 0 Å². The molecule has 7 nitrogen and oxygen atoms in total. The molecular formula is C22H32N2O5. The lowest BCUT2D eigenvalue weighted by Gasteiger charge is -2.24. The highest BCUT2D eigenvalue weighted by atomic mass is 16.5. The predicted molar refractivity (Wildman–Crippen MR) is 113 cm³/mol. The molecule has 1 saturated carbocycles. The SMILES string of the molecule is COc1cc2cc(CNC[C@@H](O)CO)c(=O)n(CC3CCCCC3)c2cc1OC. The number of ether oxygens (including phenoxy) is 2. The second-order valence-electron chi connectivity index (χ2n) is 7.82. The summed E-state index contributed by atoms with van der Waals surface area (Å²) in [6.07, 6.45) is 5.15. The summed E-state index contributed by atoms with van der Waals surface area (Å²) >= 11 is 0. The number of fused-ring (bicyclic) bond motifs is 1. The standard InChI is InChI=1S/C22H32N2O5/c1-28-20-9-16-8-17(11-23-12-18(26)14-25)22(27)24(19(16)10-21(20)29-2)13-15-6-4-3-5-7-15/h8-10,15,18,23,25-26H,3-7,11-14H2,1-2H3/t18-/m1/s1. The Hall–Kier alpha value is -2.09. The van der Waals surface area contributed by atoms with E-state index in [-0.39, 0.29) is 18.7 Å². The van der Waals surface area contributed by atoms with Crippen LogP contribution in [0.4, 0.5) is 0 Å². The molecule has 160 valence electrons. The van der Waals surface area contributed by atoms with Crippen LogP contribution in [-0.2, 0) is 13.1 Å². The van der Waals surface area contributed by atoms with E-state index in [1.54, 1.807) is 14.2 Å². The second kappa shape index (κ2) is 10.1. The minimum Gasteiger partial charge on any atom is -0.493 e. The largest absolute Gasteiger partial charge is 0.493 e. The summed E-state index contributed by atoms with van der Waals surface area (Å²) in [7, 11) is 3.19. The molecule has 29 heavy (non-hydrogen) atoms. The fraction of sp³-hybridized carbons (Fsp3) is 0.591. The number of nitrogens with one attached hydrogen (secondary N) is 1. The minimum atomic E-state index is -0.843. The molecule has 1 fully saturated rings. The van der Waals surface area contributed by atoms with Gasteiger partial charge in [-0.1, -0.05) is 19.3 Å². The summed E-state index contributed by atoms with van der Waals surface area (Å²) in [5.41, 5.74) is 1.45. The third-order valence-electron chi connectivity index (χ3n) is 5.74. The van der Waals surface area contributed by atoms with E-state index in [9.17, 15) is 9.90 Å². The molecule has 3 rings (SSSR count). The molecule has 3 N–H and O–H groups in total. The summed E-state index contributed by atoms with van der Waals surface area (Å²) in [4.78, 5) is 13.3. The Morgan fingerprint density at radius 2 is 1.83 bits per heavy atom. The highest BCUT2D eigenvalue weighted by Gasteiger charge is 2.19. The maximum absolute atomic E-state index is 13.3. The molecule has 0 bridgehead atoms. The van der Waals surface area contributed by atoms with Crippen molar-refractivity contribution >= 4 is 10.9 Å². The van der Waals surface area contributed by atoms with E-state index in [2.05, 4.69) is 5.32 Å². The van der Waals surface area contributed by atoms with E-state index in [0.717, 1.165) is 23.7 Å². The molecule has 1 aromatic carbocycles. The molecule has 1 aliphatic carbocycles. The average Bonchev–Trinajstić information content (AvgIpc) is 2.76. The van der Waals surface area contributed by atoms with Crippen molar-refractivity contribution in [1.82, 2.24) is 9.88 Å². The first-order chi connectivity index (χ1) is 14.1. The zero-order valence-corrected chi connectivity index (χ0v) is 17.3. The zero-order valence-electron chi connectivity index (χ0n) is 17.3. The van der Waals surface area contributed by atoms with Gasteiger partial charge in [0.25, 0.3) is 5.56 Å². The lowest BCUT2D eigenvalue weighted by molar-refractivity contribution is 0.0942. The Kier molecular flexibility index (Phi) is 7.52. The number of aromatic nitrogens is 1. The summed E-state index contributed by atoms with van der Waals surface area (Å²) in [6.45, 7) is 0.929. The third-order valence-corrected chi connectivity index (χ3v) is 5.74. The summed E-state index contributed by atoms with van der Waals surface area (Å²) in [5.74, 6) is 1.73. The van der Waals surface area contributed by atoms with E-state index >= 15 is 0 Å². The topological polar surface area (TPSA) is 93.0 Å². The number of hydrogen-bond acceptors (Lipinski definition) is 6. The first-order valence-corrected chi connectivity index (χ1v) is 10.4. The van der Waals surface area contributed by atoms with Crippen LogP contribution in [-0.4, -0.2) is 48.3 Å². The summed E-state index contributed by atoms with van der Waals surface area (Å²) in [5, 5.41) is 22.5. The molecule has 0 saturated heterocycles. The van der Waals surface area contributed by atoms with Gasteiger partial charge in [0.05, 0.1) is 32.4 Å². The maximum Gasteiger partial charge on any atom is 0.255 e. The first-order valence-electron chi connectivity index (χ1n) is 10.4. The van der Waals surface area contributed by atoms with Crippen LogP contribution in [0.25, 0.3) is 10.9 Å². The van der Waals surface area contributed by atoms with Crippen molar-refractivity contribution in [1.29, 1.82) is 0 Å². The number of hydrogen-bond donors (Lipinski definition) is 3. The van der Waals surface area contributed by atoms with Gasteiger partial charge in [-0.3, -0.25) is 4.79 Å². The highest BCUT2D eigenvalue weighted by molar-refractivity contribution is 5.83. The van der Waals surface area contributed by atoms with E-state index in [1.807, 2.05) is 22.8 Å². The maximum atomic E-state index is 13.3. The van der Waals surface area contributed by atoms with Crippen LogP contribution in [0.3, 0.4) is 0 Å². The van der Waals surface area contributed by atoms with Crippen molar-refractivity contribution < 1.29 is 19.7 Å². The second-order valence-corrected chi connectivity index (χ2v) is 7.82. The quantitative estimate of drug-likeness (QED) is 0.592. The summed E-state index contributed by atoms with van der Waals surface area (Å²) in [6, 6.07) is 5.65. The van der Waals surface area contributed by atoms with Crippen molar-refractivity contribution in [3.8, 4) is 11.5 Å². The van der Waals surface area contributed by atoms with Gasteiger partial charge < -0.3 is 29.6 Å². The smallest absolute Gasteiger partial charge is 0.255 e. The lowest BCUT2D eigenvalue weighted by atomic mass is 9.89. The van der Waals surface area contributed by atoms with Crippen LogP contribution in [0.1, 0.15) is 37.7 Å². The van der Waals surface area contributed by atoms with Gasteiger partial charge in [-0.15, -0.1) is 0 Å². The monoisotopic (exact) mass is 404 g/mol. The number of nitrogens with zero attached hydrogens (tertiary/aromatic N) is 1. The fourth-order valence-electron chi connectivity index (χ4n) is 4.14. The van der Waals surface area contributed by atoms with E-state index in [1.165, 1.54) is 19.3 Å². The molecule has 1 aromatic heterocycles. The zero-order chi connectivity index (χ0) is 20.8. The molecular weight excluding hydrogens is 372 g/mol. The predicted octanol–water partition coefficient (Wildman–Crippen LogP) is 2.04. The van der Waals surface area contributed by atoms with Crippen molar-refractivity contribution in [3.63, 3.8) is 0 Å². The molecule has 2 aromatic rings. The van der Waals surface area contributed by atoms with Gasteiger partial charge in [0.15, 0.2) is 11.5 Å². The molecule has 1 aliphatic rings. The van der Waals surface area contributed by atoms with Crippen LogP contribution < -0.4 is 20.3 Å². The Bertz CT molecular complexity index is 874. The Morgan fingerprint density at radius 1 is 1.14 bits per heavy atom.